The van der Waals surface area contributed by atoms with E-state index < -0.39 is 0 Å². The number of rotatable bonds is 3. The van der Waals surface area contributed by atoms with Crippen molar-refractivity contribution in [3.05, 3.63) is 29.3 Å². The van der Waals surface area contributed by atoms with Gasteiger partial charge in [0.15, 0.2) is 0 Å². The second-order valence-electron chi connectivity index (χ2n) is 4.78. The fraction of sp³-hybridized carbons (Fsp3) is 0.462. The van der Waals surface area contributed by atoms with Crippen molar-refractivity contribution in [2.75, 3.05) is 26.4 Å². The van der Waals surface area contributed by atoms with E-state index in [2.05, 4.69) is 11.0 Å². The van der Waals surface area contributed by atoms with E-state index in [0.717, 1.165) is 25.3 Å². The molecule has 0 fully saturated rings. The second kappa shape index (κ2) is 4.75. The second-order valence-corrected chi connectivity index (χ2v) is 4.78. The van der Waals surface area contributed by atoms with Crippen LogP contribution < -0.4 is 5.73 Å². The fourth-order valence-electron chi connectivity index (χ4n) is 2.12. The van der Waals surface area contributed by atoms with Crippen LogP contribution >= 0.6 is 0 Å². The van der Waals surface area contributed by atoms with Crippen molar-refractivity contribution in [3.8, 4) is 0 Å². The lowest BCUT2D eigenvalue weighted by Gasteiger charge is -2.16. The normalized spacial score (nSPS) is 14.7. The number of carbonyl (C=O) groups excluding carboxylic acids is 1. The van der Waals surface area contributed by atoms with Crippen molar-refractivity contribution in [3.63, 3.8) is 0 Å². The Morgan fingerprint density at radius 2 is 2.06 bits per heavy atom. The van der Waals surface area contributed by atoms with Crippen LogP contribution in [-0.4, -0.2) is 36.3 Å². The van der Waals surface area contributed by atoms with Gasteiger partial charge in [-0.3, -0.25) is 9.69 Å². The van der Waals surface area contributed by atoms with Crippen molar-refractivity contribution in [2.45, 2.75) is 19.5 Å². The highest BCUT2D eigenvalue weighted by molar-refractivity contribution is 5.75. The fourth-order valence-corrected chi connectivity index (χ4v) is 2.12. The van der Waals surface area contributed by atoms with Crippen LogP contribution in [-0.2, 0) is 17.9 Å². The van der Waals surface area contributed by atoms with Gasteiger partial charge in [-0.2, -0.15) is 0 Å². The van der Waals surface area contributed by atoms with Crippen molar-refractivity contribution in [2.24, 2.45) is 0 Å². The Bertz CT molecular complexity index is 429. The Labute approximate surface area is 102 Å². The van der Waals surface area contributed by atoms with Crippen LogP contribution in [0.15, 0.2) is 18.2 Å². The number of amides is 1. The molecule has 1 amide bonds. The summed E-state index contributed by atoms with van der Waals surface area (Å²) in [6.45, 7) is 2.64. The van der Waals surface area contributed by atoms with Crippen molar-refractivity contribution in [1.82, 2.24) is 9.80 Å². The summed E-state index contributed by atoms with van der Waals surface area (Å²) in [5, 5.41) is 0. The van der Waals surface area contributed by atoms with E-state index in [9.17, 15) is 4.79 Å². The molecule has 1 heterocycles. The quantitative estimate of drug-likeness (QED) is 0.794. The minimum Gasteiger partial charge on any atom is -0.399 e. The van der Waals surface area contributed by atoms with Crippen LogP contribution in [0.1, 0.15) is 17.5 Å². The number of nitrogens with zero attached hydrogens (tertiary/aromatic N) is 2. The van der Waals surface area contributed by atoms with E-state index in [1.54, 1.807) is 19.0 Å². The Morgan fingerprint density at radius 3 is 2.76 bits per heavy atom. The molecular formula is C13H19N3O. The first-order valence-electron chi connectivity index (χ1n) is 5.86. The van der Waals surface area contributed by atoms with Gasteiger partial charge in [0.05, 0.1) is 0 Å². The molecule has 0 aliphatic carbocycles. The zero-order valence-electron chi connectivity index (χ0n) is 10.4. The Morgan fingerprint density at radius 1 is 1.35 bits per heavy atom. The maximum atomic E-state index is 11.5. The lowest BCUT2D eigenvalue weighted by Crippen LogP contribution is -2.27. The van der Waals surface area contributed by atoms with Crippen molar-refractivity contribution >= 4 is 11.6 Å². The highest BCUT2D eigenvalue weighted by Gasteiger charge is 2.19. The number of anilines is 1. The van der Waals surface area contributed by atoms with E-state index in [1.807, 2.05) is 12.1 Å². The minimum absolute atomic E-state index is 0.181. The number of nitrogen functional groups attached to an aromatic ring is 1. The third-order valence-electron chi connectivity index (χ3n) is 3.16. The van der Waals surface area contributed by atoms with E-state index in [-0.39, 0.29) is 5.91 Å². The summed E-state index contributed by atoms with van der Waals surface area (Å²) in [5.74, 6) is 0.181. The van der Waals surface area contributed by atoms with Gasteiger partial charge in [-0.25, -0.2) is 0 Å². The van der Waals surface area contributed by atoms with Gasteiger partial charge in [0.1, 0.15) is 0 Å². The van der Waals surface area contributed by atoms with Gasteiger partial charge in [-0.15, -0.1) is 0 Å². The molecule has 92 valence electrons. The van der Waals surface area contributed by atoms with E-state index >= 15 is 0 Å². The van der Waals surface area contributed by atoms with E-state index in [0.29, 0.717) is 6.42 Å². The number of benzene rings is 1. The molecule has 1 aliphatic rings. The topological polar surface area (TPSA) is 49.6 Å². The van der Waals surface area contributed by atoms with Crippen molar-refractivity contribution < 1.29 is 4.79 Å². The summed E-state index contributed by atoms with van der Waals surface area (Å²) in [7, 11) is 3.59. The molecule has 4 nitrogen and oxygen atoms in total. The van der Waals surface area contributed by atoms with Crippen LogP contribution in [0.5, 0.6) is 0 Å². The molecule has 1 aromatic rings. The van der Waals surface area contributed by atoms with Crippen LogP contribution in [0.3, 0.4) is 0 Å². The molecular weight excluding hydrogens is 214 g/mol. The van der Waals surface area contributed by atoms with Gasteiger partial charge >= 0.3 is 0 Å². The zero-order valence-corrected chi connectivity index (χ0v) is 10.4. The molecule has 4 heteroatoms. The molecule has 1 aliphatic heterocycles. The van der Waals surface area contributed by atoms with Gasteiger partial charge in [0.2, 0.25) is 5.91 Å². The number of hydrogen-bond donors (Lipinski definition) is 1. The summed E-state index contributed by atoms with van der Waals surface area (Å²) in [6.07, 6.45) is 0.580. The van der Waals surface area contributed by atoms with Gasteiger partial charge in [-0.05, 0) is 23.3 Å². The molecule has 2 N–H and O–H groups in total. The molecule has 0 spiro atoms. The van der Waals surface area contributed by atoms with Crippen molar-refractivity contribution in [1.29, 1.82) is 0 Å². The molecule has 17 heavy (non-hydrogen) atoms. The molecule has 0 saturated heterocycles. The van der Waals surface area contributed by atoms with Crippen LogP contribution in [0, 0.1) is 0 Å². The Balaban J connectivity index is 1.90. The first-order valence-corrected chi connectivity index (χ1v) is 5.86. The molecule has 0 unspecified atom stereocenters. The molecule has 0 bridgehead atoms. The predicted octanol–water partition coefficient (Wildman–Crippen LogP) is 1.06. The average Bonchev–Trinajstić information content (AvgIpc) is 2.67. The highest BCUT2D eigenvalue weighted by Crippen LogP contribution is 2.24. The molecule has 0 aromatic heterocycles. The molecule has 2 rings (SSSR count). The molecule has 1 aromatic carbocycles. The summed E-state index contributed by atoms with van der Waals surface area (Å²) >= 11 is 0. The Kier molecular flexibility index (Phi) is 3.33. The number of fused-ring (bicyclic) bond motifs is 1. The first-order chi connectivity index (χ1) is 8.06. The van der Waals surface area contributed by atoms with Crippen LogP contribution in [0.2, 0.25) is 0 Å². The summed E-state index contributed by atoms with van der Waals surface area (Å²) in [6, 6.07) is 6.05. The largest absolute Gasteiger partial charge is 0.399 e. The lowest BCUT2D eigenvalue weighted by atomic mass is 10.1. The van der Waals surface area contributed by atoms with Gasteiger partial charge in [-0.1, -0.05) is 6.07 Å². The standard InChI is InChI=1S/C13H19N3O/c1-15(2)13(17)5-6-16-8-10-3-4-12(14)7-11(10)9-16/h3-4,7H,5-6,8-9,14H2,1-2H3. The third-order valence-corrected chi connectivity index (χ3v) is 3.16. The van der Waals surface area contributed by atoms with Gasteiger partial charge < -0.3 is 10.6 Å². The highest BCUT2D eigenvalue weighted by atomic mass is 16.2. The minimum atomic E-state index is 0.181. The number of nitrogens with two attached hydrogens (primary N) is 1. The van der Waals surface area contributed by atoms with Gasteiger partial charge in [0, 0.05) is 45.8 Å². The van der Waals surface area contributed by atoms with Crippen LogP contribution in [0.25, 0.3) is 0 Å². The van der Waals surface area contributed by atoms with Crippen LogP contribution in [0.4, 0.5) is 5.69 Å². The third kappa shape index (κ3) is 2.77. The summed E-state index contributed by atoms with van der Waals surface area (Å²) < 4.78 is 0. The molecule has 0 radical (unpaired) electrons. The van der Waals surface area contributed by atoms with E-state index in [1.165, 1.54) is 11.1 Å². The number of carbonyl (C=O) groups is 1. The molecule has 0 saturated carbocycles. The average molecular weight is 233 g/mol. The maximum absolute atomic E-state index is 11.5. The maximum Gasteiger partial charge on any atom is 0.223 e. The Hall–Kier alpha value is -1.55. The first kappa shape index (κ1) is 11.9. The smallest absolute Gasteiger partial charge is 0.223 e. The number of hydrogen-bond acceptors (Lipinski definition) is 3. The predicted molar refractivity (Wildman–Crippen MR) is 68.3 cm³/mol. The zero-order chi connectivity index (χ0) is 12.4. The van der Waals surface area contributed by atoms with Gasteiger partial charge in [0.25, 0.3) is 0 Å². The summed E-state index contributed by atoms with van der Waals surface area (Å²) in [5.41, 5.74) is 9.20. The lowest BCUT2D eigenvalue weighted by molar-refractivity contribution is -0.129. The van der Waals surface area contributed by atoms with E-state index in [4.69, 9.17) is 5.73 Å². The summed E-state index contributed by atoms with van der Waals surface area (Å²) in [4.78, 5) is 15.4. The SMILES string of the molecule is CN(C)C(=O)CCN1Cc2ccc(N)cc2C1. The monoisotopic (exact) mass is 233 g/mol. The molecule has 0 atom stereocenters.